The third-order valence-corrected chi connectivity index (χ3v) is 6.07. The van der Waals surface area contributed by atoms with Gasteiger partial charge in [0.05, 0.1) is 30.9 Å². The van der Waals surface area contributed by atoms with Gasteiger partial charge < -0.3 is 9.30 Å². The molecule has 0 saturated heterocycles. The van der Waals surface area contributed by atoms with E-state index in [-0.39, 0.29) is 0 Å². The average molecular weight is 437 g/mol. The number of hydrogen-bond acceptors (Lipinski definition) is 5. The van der Waals surface area contributed by atoms with Gasteiger partial charge in [-0.3, -0.25) is 0 Å². The molecular weight excluding hydrogens is 412 g/mol. The summed E-state index contributed by atoms with van der Waals surface area (Å²) in [5, 5.41) is 14.8. The van der Waals surface area contributed by atoms with E-state index in [4.69, 9.17) is 9.72 Å². The van der Waals surface area contributed by atoms with Crippen LogP contribution in [0.25, 0.3) is 17.8 Å². The molecule has 0 bridgehead atoms. The first-order valence-electron chi connectivity index (χ1n) is 10.9. The molecule has 3 heterocycles. The smallest absolute Gasteiger partial charge is 0.174 e. The Kier molecular flexibility index (Phi) is 5.27. The summed E-state index contributed by atoms with van der Waals surface area (Å²) in [6.07, 6.45) is 9.20. The molecule has 0 unspecified atom stereocenters. The number of nitriles is 1. The Balaban J connectivity index is 1.46. The SMILES string of the molecule is COc1cc(/C=C/c2nc3n(n2)CCC[C@]3(C#N)c2ccccc2)ccc1-n1cnc(C)c1. The van der Waals surface area contributed by atoms with Gasteiger partial charge >= 0.3 is 0 Å². The van der Waals surface area contributed by atoms with E-state index < -0.39 is 5.41 Å². The highest BCUT2D eigenvalue weighted by atomic mass is 16.5. The fourth-order valence-corrected chi connectivity index (χ4v) is 4.41. The molecule has 0 amide bonds. The molecule has 7 heteroatoms. The first-order chi connectivity index (χ1) is 16.1. The summed E-state index contributed by atoms with van der Waals surface area (Å²) in [6, 6.07) is 18.4. The second kappa shape index (κ2) is 8.40. The van der Waals surface area contributed by atoms with Crippen LogP contribution in [-0.4, -0.2) is 31.4 Å². The van der Waals surface area contributed by atoms with Gasteiger partial charge in [0.25, 0.3) is 0 Å². The van der Waals surface area contributed by atoms with Crippen molar-refractivity contribution < 1.29 is 4.74 Å². The molecule has 1 aliphatic heterocycles. The molecule has 1 atom stereocenters. The fourth-order valence-electron chi connectivity index (χ4n) is 4.41. The third kappa shape index (κ3) is 3.70. The van der Waals surface area contributed by atoms with Gasteiger partial charge in [-0.25, -0.2) is 14.6 Å². The normalized spacial score (nSPS) is 17.6. The van der Waals surface area contributed by atoms with Gasteiger partial charge in [0.1, 0.15) is 11.2 Å². The summed E-state index contributed by atoms with van der Waals surface area (Å²) >= 11 is 0. The van der Waals surface area contributed by atoms with Crippen LogP contribution in [0.4, 0.5) is 0 Å². The predicted molar refractivity (Wildman–Crippen MR) is 126 cm³/mol. The Labute approximate surface area is 192 Å². The maximum atomic E-state index is 10.2. The number of imidazole rings is 1. The number of methoxy groups -OCH3 is 1. The van der Waals surface area contributed by atoms with Gasteiger partial charge in [-0.2, -0.15) is 10.4 Å². The minimum absolute atomic E-state index is 0.593. The highest BCUT2D eigenvalue weighted by molar-refractivity contribution is 5.69. The molecule has 2 aromatic heterocycles. The van der Waals surface area contributed by atoms with Gasteiger partial charge in [0.15, 0.2) is 11.6 Å². The molecule has 5 rings (SSSR count). The zero-order valence-corrected chi connectivity index (χ0v) is 18.6. The summed E-state index contributed by atoms with van der Waals surface area (Å²) in [5.74, 6) is 2.06. The molecule has 0 radical (unpaired) electrons. The van der Waals surface area contributed by atoms with Crippen LogP contribution in [0.15, 0.2) is 61.1 Å². The Bertz CT molecular complexity index is 1360. The van der Waals surface area contributed by atoms with E-state index in [0.29, 0.717) is 11.6 Å². The average Bonchev–Trinajstić information content (AvgIpc) is 3.49. The van der Waals surface area contributed by atoms with E-state index in [1.54, 1.807) is 13.4 Å². The summed E-state index contributed by atoms with van der Waals surface area (Å²) in [7, 11) is 1.66. The van der Waals surface area contributed by atoms with Gasteiger partial charge in [-0.1, -0.05) is 42.5 Å². The quantitative estimate of drug-likeness (QED) is 0.458. The summed E-state index contributed by atoms with van der Waals surface area (Å²) in [4.78, 5) is 9.07. The Morgan fingerprint density at radius 3 is 2.73 bits per heavy atom. The number of hydrogen-bond donors (Lipinski definition) is 0. The fraction of sp³-hybridized carbons (Fsp3) is 0.231. The molecule has 2 aromatic carbocycles. The van der Waals surface area contributed by atoms with Gasteiger partial charge in [0.2, 0.25) is 0 Å². The van der Waals surface area contributed by atoms with Crippen LogP contribution in [-0.2, 0) is 12.0 Å². The maximum Gasteiger partial charge on any atom is 0.174 e. The second-order valence-corrected chi connectivity index (χ2v) is 8.19. The van der Waals surface area contributed by atoms with Crippen LogP contribution >= 0.6 is 0 Å². The van der Waals surface area contributed by atoms with E-state index in [2.05, 4.69) is 16.2 Å². The minimum atomic E-state index is -0.771. The van der Waals surface area contributed by atoms with E-state index in [9.17, 15) is 5.26 Å². The Morgan fingerprint density at radius 2 is 2.00 bits per heavy atom. The standard InChI is InChI=1S/C26H24N6O/c1-19-16-31(18-28-19)22-11-9-20(15-23(22)33-2)10-12-24-29-25-26(17-27,13-6-14-32(25)30-24)21-7-4-3-5-8-21/h3-5,7-12,15-16,18H,6,13-14H2,1-2H3/b12-10+/t26-/m0/s1. The number of benzene rings is 2. The highest BCUT2D eigenvalue weighted by Crippen LogP contribution is 2.38. The van der Waals surface area contributed by atoms with Gasteiger partial charge in [-0.05, 0) is 49.1 Å². The number of fused-ring (bicyclic) bond motifs is 1. The molecule has 33 heavy (non-hydrogen) atoms. The molecule has 0 saturated carbocycles. The van der Waals surface area contributed by atoms with Gasteiger partial charge in [-0.15, -0.1) is 0 Å². The van der Waals surface area contributed by atoms with E-state index in [1.165, 1.54) is 0 Å². The van der Waals surface area contributed by atoms with Crippen molar-refractivity contribution in [1.29, 1.82) is 5.26 Å². The number of rotatable bonds is 5. The number of aromatic nitrogens is 5. The second-order valence-electron chi connectivity index (χ2n) is 8.19. The van der Waals surface area contributed by atoms with Crippen molar-refractivity contribution >= 4 is 12.2 Å². The number of nitrogens with zero attached hydrogens (tertiary/aromatic N) is 6. The molecular formula is C26H24N6O. The van der Waals surface area contributed by atoms with Crippen LogP contribution in [0, 0.1) is 18.3 Å². The molecule has 164 valence electrons. The van der Waals surface area contributed by atoms with Crippen LogP contribution in [0.2, 0.25) is 0 Å². The van der Waals surface area contributed by atoms with Crippen molar-refractivity contribution in [2.45, 2.75) is 31.7 Å². The molecule has 0 spiro atoms. The molecule has 0 N–H and O–H groups in total. The van der Waals surface area contributed by atoms with E-state index in [1.807, 2.05) is 83.1 Å². The lowest BCUT2D eigenvalue weighted by Gasteiger charge is -2.30. The zero-order valence-electron chi connectivity index (χ0n) is 18.6. The minimum Gasteiger partial charge on any atom is -0.495 e. The lowest BCUT2D eigenvalue weighted by atomic mass is 9.75. The van der Waals surface area contributed by atoms with Gasteiger partial charge in [0, 0.05) is 12.7 Å². The first kappa shape index (κ1) is 20.7. The monoisotopic (exact) mass is 436 g/mol. The van der Waals surface area contributed by atoms with Crippen LogP contribution < -0.4 is 4.74 Å². The van der Waals surface area contributed by atoms with Crippen LogP contribution in [0.1, 0.15) is 41.3 Å². The number of aryl methyl sites for hydroxylation is 2. The lowest BCUT2D eigenvalue weighted by molar-refractivity contribution is 0.393. The van der Waals surface area contributed by atoms with E-state index in [0.717, 1.165) is 47.6 Å². The van der Waals surface area contributed by atoms with Crippen LogP contribution in [0.3, 0.4) is 0 Å². The van der Waals surface area contributed by atoms with E-state index >= 15 is 0 Å². The first-order valence-corrected chi connectivity index (χ1v) is 10.9. The van der Waals surface area contributed by atoms with Crippen molar-refractivity contribution in [3.63, 3.8) is 0 Å². The van der Waals surface area contributed by atoms with Crippen molar-refractivity contribution in [1.82, 2.24) is 24.3 Å². The zero-order chi connectivity index (χ0) is 22.8. The van der Waals surface area contributed by atoms with Crippen molar-refractivity contribution in [3.05, 3.63) is 89.5 Å². The molecule has 0 fully saturated rings. The third-order valence-electron chi connectivity index (χ3n) is 6.07. The lowest BCUT2D eigenvalue weighted by Crippen LogP contribution is -2.34. The van der Waals surface area contributed by atoms with Crippen molar-refractivity contribution in [2.75, 3.05) is 7.11 Å². The van der Waals surface area contributed by atoms with Crippen molar-refractivity contribution in [3.8, 4) is 17.5 Å². The molecule has 4 aromatic rings. The topological polar surface area (TPSA) is 81.5 Å². The highest BCUT2D eigenvalue weighted by Gasteiger charge is 2.41. The maximum absolute atomic E-state index is 10.2. The summed E-state index contributed by atoms with van der Waals surface area (Å²) < 4.78 is 9.43. The predicted octanol–water partition coefficient (Wildman–Crippen LogP) is 4.55. The Hall–Kier alpha value is -4.18. The van der Waals surface area contributed by atoms with Crippen LogP contribution in [0.5, 0.6) is 5.75 Å². The molecule has 7 nitrogen and oxygen atoms in total. The summed E-state index contributed by atoms with van der Waals surface area (Å²) in [5.41, 5.74) is 3.03. The molecule has 1 aliphatic rings. The largest absolute Gasteiger partial charge is 0.495 e. The Morgan fingerprint density at radius 1 is 1.15 bits per heavy atom. The number of ether oxygens (including phenoxy) is 1. The van der Waals surface area contributed by atoms with Crippen molar-refractivity contribution in [2.24, 2.45) is 0 Å². The summed E-state index contributed by atoms with van der Waals surface area (Å²) in [6.45, 7) is 2.72. The molecule has 0 aliphatic carbocycles.